The Kier molecular flexibility index (Phi) is 6.51. The topological polar surface area (TPSA) is 27.3 Å². The van der Waals surface area contributed by atoms with Gasteiger partial charge in [-0.1, -0.05) is 6.92 Å². The number of nitrogens with zero attached hydrogens (tertiary/aromatic N) is 1. The smallest absolute Gasteiger partial charge is 0.170 e. The van der Waals surface area contributed by atoms with Crippen LogP contribution in [-0.4, -0.2) is 36.2 Å². The number of piperidine rings is 1. The van der Waals surface area contributed by atoms with Gasteiger partial charge in [-0.3, -0.25) is 0 Å². The van der Waals surface area contributed by atoms with Crippen molar-refractivity contribution in [2.45, 2.75) is 26.2 Å². The molecule has 0 bridgehead atoms. The van der Waals surface area contributed by atoms with Crippen molar-refractivity contribution in [1.29, 1.82) is 0 Å². The highest BCUT2D eigenvalue weighted by Gasteiger charge is 2.15. The fourth-order valence-electron chi connectivity index (χ4n) is 2.75. The number of hydrogen-bond acceptors (Lipinski definition) is 2. The normalized spacial score (nSPS) is 19.0. The van der Waals surface area contributed by atoms with Crippen LogP contribution in [0.5, 0.6) is 0 Å². The van der Waals surface area contributed by atoms with Gasteiger partial charge in [-0.25, -0.2) is 8.78 Å². The van der Waals surface area contributed by atoms with Crippen molar-refractivity contribution in [3.8, 4) is 0 Å². The van der Waals surface area contributed by atoms with E-state index in [0.29, 0.717) is 5.11 Å². The average Bonchev–Trinajstić information content (AvgIpc) is 2.47. The van der Waals surface area contributed by atoms with E-state index in [4.69, 9.17) is 12.2 Å². The number of rotatable bonds is 5. The van der Waals surface area contributed by atoms with Crippen LogP contribution in [0.25, 0.3) is 0 Å². The van der Waals surface area contributed by atoms with Crippen molar-refractivity contribution in [1.82, 2.24) is 10.2 Å². The summed E-state index contributed by atoms with van der Waals surface area (Å²) in [6, 6.07) is 3.38. The van der Waals surface area contributed by atoms with Crippen molar-refractivity contribution in [2.75, 3.05) is 31.5 Å². The second-order valence-electron chi connectivity index (χ2n) is 5.91. The second kappa shape index (κ2) is 8.39. The maximum atomic E-state index is 13.5. The van der Waals surface area contributed by atoms with E-state index in [1.807, 2.05) is 0 Å². The molecule has 1 aliphatic rings. The first-order valence-corrected chi connectivity index (χ1v) is 8.17. The van der Waals surface area contributed by atoms with Crippen LogP contribution in [0.15, 0.2) is 18.2 Å². The minimum absolute atomic E-state index is 0.184. The molecule has 22 heavy (non-hydrogen) atoms. The minimum atomic E-state index is -0.647. The molecule has 1 aliphatic heterocycles. The van der Waals surface area contributed by atoms with Gasteiger partial charge in [0, 0.05) is 19.2 Å². The number of nitrogens with one attached hydrogen (secondary N) is 2. The molecule has 122 valence electrons. The Morgan fingerprint density at radius 3 is 2.95 bits per heavy atom. The van der Waals surface area contributed by atoms with Gasteiger partial charge in [-0.05, 0) is 62.6 Å². The van der Waals surface area contributed by atoms with Crippen LogP contribution in [0.3, 0.4) is 0 Å². The SMILES string of the molecule is CC1CCCN(CCCNC(=S)Nc2ccc(F)cc2F)C1. The van der Waals surface area contributed by atoms with Crippen molar-refractivity contribution >= 4 is 23.0 Å². The number of hydrogen-bond donors (Lipinski definition) is 2. The van der Waals surface area contributed by atoms with Gasteiger partial charge >= 0.3 is 0 Å². The van der Waals surface area contributed by atoms with Crippen LogP contribution >= 0.6 is 12.2 Å². The number of thiocarbonyl (C=S) groups is 1. The molecule has 0 saturated carbocycles. The van der Waals surface area contributed by atoms with E-state index in [-0.39, 0.29) is 5.69 Å². The van der Waals surface area contributed by atoms with Gasteiger partial charge in [0.25, 0.3) is 0 Å². The summed E-state index contributed by atoms with van der Waals surface area (Å²) in [5.74, 6) is -0.463. The van der Waals surface area contributed by atoms with E-state index >= 15 is 0 Å². The summed E-state index contributed by atoms with van der Waals surface area (Å²) in [6.45, 7) is 6.42. The summed E-state index contributed by atoms with van der Waals surface area (Å²) in [7, 11) is 0. The van der Waals surface area contributed by atoms with Crippen LogP contribution < -0.4 is 10.6 Å². The van der Waals surface area contributed by atoms with Crippen LogP contribution in [0, 0.1) is 17.6 Å². The molecule has 1 aromatic rings. The molecule has 0 aromatic heterocycles. The first kappa shape index (κ1) is 17.1. The van der Waals surface area contributed by atoms with Gasteiger partial charge in [0.05, 0.1) is 5.69 Å². The molecule has 6 heteroatoms. The van der Waals surface area contributed by atoms with E-state index in [1.165, 1.54) is 38.1 Å². The minimum Gasteiger partial charge on any atom is -0.362 e. The molecular weight excluding hydrogens is 304 g/mol. The summed E-state index contributed by atoms with van der Waals surface area (Å²) in [6.07, 6.45) is 3.59. The molecule has 1 atom stereocenters. The number of benzene rings is 1. The molecular formula is C16H23F2N3S. The van der Waals surface area contributed by atoms with Gasteiger partial charge < -0.3 is 15.5 Å². The molecule has 1 aromatic carbocycles. The molecule has 0 amide bonds. The summed E-state index contributed by atoms with van der Waals surface area (Å²) < 4.78 is 26.3. The first-order chi connectivity index (χ1) is 10.5. The zero-order valence-corrected chi connectivity index (χ0v) is 13.7. The summed E-state index contributed by atoms with van der Waals surface area (Å²) in [4.78, 5) is 2.48. The highest BCUT2D eigenvalue weighted by Crippen LogP contribution is 2.16. The lowest BCUT2D eigenvalue weighted by atomic mass is 10.0. The molecule has 3 nitrogen and oxygen atoms in total. The Labute approximate surface area is 136 Å². The third-order valence-corrected chi connectivity index (χ3v) is 4.10. The summed E-state index contributed by atoms with van der Waals surface area (Å²) in [5.41, 5.74) is 0.184. The lowest BCUT2D eigenvalue weighted by molar-refractivity contribution is 0.182. The zero-order chi connectivity index (χ0) is 15.9. The van der Waals surface area contributed by atoms with Crippen LogP contribution in [0.1, 0.15) is 26.2 Å². The van der Waals surface area contributed by atoms with E-state index in [2.05, 4.69) is 22.5 Å². The van der Waals surface area contributed by atoms with Crippen molar-refractivity contribution in [3.63, 3.8) is 0 Å². The summed E-state index contributed by atoms with van der Waals surface area (Å²) >= 11 is 5.12. The maximum absolute atomic E-state index is 13.5. The highest BCUT2D eigenvalue weighted by molar-refractivity contribution is 7.80. The lowest BCUT2D eigenvalue weighted by Crippen LogP contribution is -2.37. The molecule has 2 rings (SSSR count). The van der Waals surface area contributed by atoms with E-state index < -0.39 is 11.6 Å². The van der Waals surface area contributed by atoms with Crippen LogP contribution in [-0.2, 0) is 0 Å². The number of halogens is 2. The summed E-state index contributed by atoms with van der Waals surface area (Å²) in [5, 5.41) is 6.16. The van der Waals surface area contributed by atoms with Gasteiger partial charge in [0.15, 0.2) is 5.11 Å². The van der Waals surface area contributed by atoms with Crippen LogP contribution in [0.2, 0.25) is 0 Å². The number of anilines is 1. The Morgan fingerprint density at radius 1 is 1.41 bits per heavy atom. The van der Waals surface area contributed by atoms with E-state index in [0.717, 1.165) is 31.5 Å². The molecule has 2 N–H and O–H groups in total. The standard InChI is InChI=1S/C16H23F2N3S/c1-12-4-2-8-21(11-12)9-3-7-19-16(22)20-15-6-5-13(17)10-14(15)18/h5-6,10,12H,2-4,7-9,11H2,1H3,(H2,19,20,22). The third kappa shape index (κ3) is 5.50. The van der Waals surface area contributed by atoms with E-state index in [1.54, 1.807) is 0 Å². The van der Waals surface area contributed by atoms with Gasteiger partial charge in [0.1, 0.15) is 11.6 Å². The van der Waals surface area contributed by atoms with Crippen molar-refractivity contribution in [2.24, 2.45) is 5.92 Å². The fourth-order valence-corrected chi connectivity index (χ4v) is 2.96. The third-order valence-electron chi connectivity index (χ3n) is 3.86. The molecule has 1 heterocycles. The average molecular weight is 327 g/mol. The maximum Gasteiger partial charge on any atom is 0.170 e. The van der Waals surface area contributed by atoms with Gasteiger partial charge in [0.2, 0.25) is 0 Å². The molecule has 1 saturated heterocycles. The lowest BCUT2D eigenvalue weighted by Gasteiger charge is -2.30. The highest BCUT2D eigenvalue weighted by atomic mass is 32.1. The Balaban J connectivity index is 1.65. The molecule has 0 spiro atoms. The molecule has 1 fully saturated rings. The largest absolute Gasteiger partial charge is 0.362 e. The molecule has 1 unspecified atom stereocenters. The zero-order valence-electron chi connectivity index (χ0n) is 12.9. The molecule has 0 radical (unpaired) electrons. The first-order valence-electron chi connectivity index (χ1n) is 7.77. The van der Waals surface area contributed by atoms with E-state index in [9.17, 15) is 8.78 Å². The van der Waals surface area contributed by atoms with Gasteiger partial charge in [-0.15, -0.1) is 0 Å². The Hall–Kier alpha value is -1.27. The van der Waals surface area contributed by atoms with Gasteiger partial charge in [-0.2, -0.15) is 0 Å². The Bertz CT molecular complexity index is 510. The number of likely N-dealkylation sites (tertiary alicyclic amines) is 1. The fraction of sp³-hybridized carbons (Fsp3) is 0.562. The predicted molar refractivity (Wildman–Crippen MR) is 90.0 cm³/mol. The van der Waals surface area contributed by atoms with Crippen molar-refractivity contribution < 1.29 is 8.78 Å². The monoisotopic (exact) mass is 327 g/mol. The quantitative estimate of drug-likeness (QED) is 0.640. The van der Waals surface area contributed by atoms with Crippen LogP contribution in [0.4, 0.5) is 14.5 Å². The Morgan fingerprint density at radius 2 is 2.23 bits per heavy atom. The van der Waals surface area contributed by atoms with Crippen molar-refractivity contribution in [3.05, 3.63) is 29.8 Å². The second-order valence-corrected chi connectivity index (χ2v) is 6.31. The predicted octanol–water partition coefficient (Wildman–Crippen LogP) is 3.37. The molecule has 0 aliphatic carbocycles.